The maximum Gasteiger partial charge on any atom is 0.359 e. The van der Waals surface area contributed by atoms with E-state index in [1.807, 2.05) is 0 Å². The van der Waals surface area contributed by atoms with E-state index in [1.54, 1.807) is 24.3 Å². The molecule has 1 aromatic heterocycles. The molecule has 0 aliphatic rings. The minimum absolute atomic E-state index is 0.00500. The van der Waals surface area contributed by atoms with Gasteiger partial charge in [0.1, 0.15) is 0 Å². The maximum atomic E-state index is 11.9. The van der Waals surface area contributed by atoms with Gasteiger partial charge >= 0.3 is 5.97 Å². The number of rotatable bonds is 4. The van der Waals surface area contributed by atoms with Crippen molar-refractivity contribution in [3.8, 4) is 0 Å². The predicted octanol–water partition coefficient (Wildman–Crippen LogP) is 4.60. The summed E-state index contributed by atoms with van der Waals surface area (Å²) in [6.07, 6.45) is 1.17. The predicted molar refractivity (Wildman–Crippen MR) is 92.3 cm³/mol. The zero-order valence-corrected chi connectivity index (χ0v) is 15.1. The first-order chi connectivity index (χ1) is 10.9. The standard InChI is InChI=1S/C14H8BrCl3N2O3/c15-7-1-3-8(4-2-7)20-10(21)6-23-14(22)13-12(18)11(17)9(16)5-19-13/h1-5H,6H2,(H,20,21). The maximum absolute atomic E-state index is 11.9. The third-order valence-electron chi connectivity index (χ3n) is 2.57. The van der Waals surface area contributed by atoms with Gasteiger partial charge in [0.2, 0.25) is 0 Å². The van der Waals surface area contributed by atoms with Gasteiger partial charge in [-0.15, -0.1) is 0 Å². The molecule has 120 valence electrons. The van der Waals surface area contributed by atoms with Crippen LogP contribution < -0.4 is 5.32 Å². The lowest BCUT2D eigenvalue weighted by molar-refractivity contribution is -0.119. The van der Waals surface area contributed by atoms with Crippen molar-refractivity contribution < 1.29 is 14.3 Å². The van der Waals surface area contributed by atoms with Crippen LogP contribution in [0.5, 0.6) is 0 Å². The normalized spacial score (nSPS) is 10.3. The number of hydrogen-bond donors (Lipinski definition) is 1. The van der Waals surface area contributed by atoms with Crippen molar-refractivity contribution in [2.24, 2.45) is 0 Å². The number of halogens is 4. The van der Waals surface area contributed by atoms with E-state index in [0.29, 0.717) is 5.69 Å². The van der Waals surface area contributed by atoms with E-state index >= 15 is 0 Å². The van der Waals surface area contributed by atoms with Crippen LogP contribution in [0.1, 0.15) is 10.5 Å². The van der Waals surface area contributed by atoms with Crippen molar-refractivity contribution in [3.63, 3.8) is 0 Å². The highest BCUT2D eigenvalue weighted by Crippen LogP contribution is 2.31. The molecule has 0 radical (unpaired) electrons. The Morgan fingerprint density at radius 3 is 2.43 bits per heavy atom. The van der Waals surface area contributed by atoms with Crippen molar-refractivity contribution in [1.29, 1.82) is 0 Å². The third-order valence-corrected chi connectivity index (χ3v) is 4.34. The van der Waals surface area contributed by atoms with E-state index in [0.717, 1.165) is 4.47 Å². The van der Waals surface area contributed by atoms with Crippen molar-refractivity contribution in [3.05, 3.63) is 55.7 Å². The molecule has 0 saturated carbocycles. The van der Waals surface area contributed by atoms with Crippen molar-refractivity contribution in [1.82, 2.24) is 4.98 Å². The first kappa shape index (κ1) is 18.0. The smallest absolute Gasteiger partial charge is 0.359 e. The summed E-state index contributed by atoms with van der Waals surface area (Å²) in [6.45, 7) is -0.493. The van der Waals surface area contributed by atoms with E-state index in [4.69, 9.17) is 39.5 Å². The van der Waals surface area contributed by atoms with Gasteiger partial charge in [0.15, 0.2) is 12.3 Å². The summed E-state index contributed by atoms with van der Waals surface area (Å²) in [5.41, 5.74) is 0.359. The summed E-state index contributed by atoms with van der Waals surface area (Å²) in [7, 11) is 0. The largest absolute Gasteiger partial charge is 0.451 e. The second kappa shape index (κ2) is 7.97. The molecule has 9 heteroatoms. The van der Waals surface area contributed by atoms with Crippen LogP contribution in [0.2, 0.25) is 15.1 Å². The number of hydrogen-bond acceptors (Lipinski definition) is 4. The van der Waals surface area contributed by atoms with Crippen LogP contribution in [0.4, 0.5) is 5.69 Å². The van der Waals surface area contributed by atoms with Crippen LogP contribution in [0.3, 0.4) is 0 Å². The van der Waals surface area contributed by atoms with Crippen LogP contribution in [0, 0.1) is 0 Å². The Kier molecular flexibility index (Phi) is 6.24. The van der Waals surface area contributed by atoms with Gasteiger partial charge in [-0.2, -0.15) is 0 Å². The van der Waals surface area contributed by atoms with E-state index in [2.05, 4.69) is 26.2 Å². The third kappa shape index (κ3) is 4.81. The lowest BCUT2D eigenvalue weighted by Gasteiger charge is -2.08. The summed E-state index contributed by atoms with van der Waals surface area (Å²) in [5, 5.41) is 2.55. The van der Waals surface area contributed by atoms with Gasteiger partial charge in [0.25, 0.3) is 5.91 Å². The Morgan fingerprint density at radius 2 is 1.78 bits per heavy atom. The lowest BCUT2D eigenvalue weighted by Crippen LogP contribution is -2.21. The number of carbonyl (C=O) groups is 2. The van der Waals surface area contributed by atoms with E-state index in [-0.39, 0.29) is 20.8 Å². The Bertz CT molecular complexity index is 754. The Hall–Kier alpha value is -1.34. The molecule has 0 spiro atoms. The van der Waals surface area contributed by atoms with Gasteiger partial charge in [-0.25, -0.2) is 9.78 Å². The second-order valence-corrected chi connectivity index (χ2v) is 6.29. The number of benzene rings is 1. The molecule has 2 rings (SSSR count). The molecule has 0 aliphatic carbocycles. The van der Waals surface area contributed by atoms with Gasteiger partial charge in [-0.05, 0) is 24.3 Å². The average molecular weight is 438 g/mol. The SMILES string of the molecule is O=C(COC(=O)c1ncc(Cl)c(Cl)c1Cl)Nc1ccc(Br)cc1. The number of amides is 1. The van der Waals surface area contributed by atoms with Gasteiger partial charge < -0.3 is 10.1 Å². The zero-order chi connectivity index (χ0) is 17.0. The number of esters is 1. The van der Waals surface area contributed by atoms with Crippen LogP contribution in [-0.2, 0) is 9.53 Å². The first-order valence-corrected chi connectivity index (χ1v) is 8.03. The monoisotopic (exact) mass is 436 g/mol. The van der Waals surface area contributed by atoms with Crippen LogP contribution in [0.25, 0.3) is 0 Å². The number of carbonyl (C=O) groups excluding carboxylic acids is 2. The molecule has 0 aliphatic heterocycles. The summed E-state index contributed by atoms with van der Waals surface area (Å²) in [4.78, 5) is 27.4. The van der Waals surface area contributed by atoms with Gasteiger partial charge in [-0.1, -0.05) is 50.7 Å². The topological polar surface area (TPSA) is 68.3 Å². The van der Waals surface area contributed by atoms with Crippen molar-refractivity contribution in [2.45, 2.75) is 0 Å². The molecule has 2 aromatic rings. The number of anilines is 1. The molecule has 1 aromatic carbocycles. The Labute approximate surface area is 155 Å². The summed E-state index contributed by atoms with van der Waals surface area (Å²) in [6, 6.07) is 6.92. The summed E-state index contributed by atoms with van der Waals surface area (Å²) in [5.74, 6) is -1.38. The van der Waals surface area contributed by atoms with Crippen LogP contribution in [-0.4, -0.2) is 23.5 Å². The second-order valence-electron chi connectivity index (χ2n) is 4.21. The van der Waals surface area contributed by atoms with E-state index < -0.39 is 18.5 Å². The highest BCUT2D eigenvalue weighted by Gasteiger charge is 2.19. The molecule has 1 N–H and O–H groups in total. The minimum atomic E-state index is -0.875. The molecule has 0 saturated heterocycles. The highest BCUT2D eigenvalue weighted by molar-refractivity contribution is 9.10. The fourth-order valence-electron chi connectivity index (χ4n) is 1.52. The zero-order valence-electron chi connectivity index (χ0n) is 11.3. The summed E-state index contributed by atoms with van der Waals surface area (Å²) >= 11 is 20.7. The minimum Gasteiger partial charge on any atom is -0.451 e. The molecule has 1 amide bonds. The van der Waals surface area contributed by atoms with E-state index in [1.165, 1.54) is 6.20 Å². The number of nitrogens with zero attached hydrogens (tertiary/aromatic N) is 1. The molecular formula is C14H8BrCl3N2O3. The molecule has 0 bridgehead atoms. The number of aromatic nitrogens is 1. The van der Waals surface area contributed by atoms with Crippen molar-refractivity contribution >= 4 is 68.3 Å². The first-order valence-electron chi connectivity index (χ1n) is 6.10. The molecule has 0 unspecified atom stereocenters. The van der Waals surface area contributed by atoms with Crippen molar-refractivity contribution in [2.75, 3.05) is 11.9 Å². The molecule has 0 atom stereocenters. The van der Waals surface area contributed by atoms with Crippen LogP contribution >= 0.6 is 50.7 Å². The number of ether oxygens (including phenoxy) is 1. The Morgan fingerprint density at radius 1 is 1.13 bits per heavy atom. The highest BCUT2D eigenvalue weighted by atomic mass is 79.9. The van der Waals surface area contributed by atoms with Gasteiger partial charge in [0.05, 0.1) is 15.1 Å². The van der Waals surface area contributed by atoms with Gasteiger partial charge in [-0.3, -0.25) is 4.79 Å². The summed E-state index contributed by atoms with van der Waals surface area (Å²) < 4.78 is 5.73. The quantitative estimate of drug-likeness (QED) is 0.709. The van der Waals surface area contributed by atoms with E-state index in [9.17, 15) is 9.59 Å². The lowest BCUT2D eigenvalue weighted by atomic mass is 10.3. The molecule has 5 nitrogen and oxygen atoms in total. The molecule has 1 heterocycles. The number of pyridine rings is 1. The molecule has 0 fully saturated rings. The molecular weight excluding hydrogens is 430 g/mol. The molecule has 23 heavy (non-hydrogen) atoms. The number of nitrogens with one attached hydrogen (secondary N) is 1. The Balaban J connectivity index is 1.95. The van der Waals surface area contributed by atoms with Gasteiger partial charge in [0, 0.05) is 16.4 Å². The average Bonchev–Trinajstić information content (AvgIpc) is 2.53. The van der Waals surface area contributed by atoms with Crippen LogP contribution in [0.15, 0.2) is 34.9 Å². The fourth-order valence-corrected chi connectivity index (χ4v) is 2.34. The fraction of sp³-hybridized carbons (Fsp3) is 0.0714.